The number of hydrogen-bond donors (Lipinski definition) is 0. The predicted molar refractivity (Wildman–Crippen MR) is 241 cm³/mol. The largest absolute Gasteiger partial charge is 0.456 e. The van der Waals surface area contributed by atoms with Crippen molar-refractivity contribution >= 4 is 82.2 Å². The Hall–Kier alpha value is -6.88. The van der Waals surface area contributed by atoms with Crippen molar-refractivity contribution in [1.29, 1.82) is 0 Å². The monoisotopic (exact) mass is 748 g/mol. The molecule has 3 aromatic heterocycles. The van der Waals surface area contributed by atoms with E-state index < -0.39 is 0 Å². The number of furan rings is 1. The van der Waals surface area contributed by atoms with E-state index in [1.165, 1.54) is 64.5 Å². The number of benzene rings is 8. The van der Waals surface area contributed by atoms with E-state index in [0.29, 0.717) is 0 Å². The smallest absolute Gasteiger partial charge is 0.136 e. The minimum absolute atomic E-state index is 0.106. The van der Waals surface area contributed by atoms with Gasteiger partial charge in [-0.1, -0.05) is 111 Å². The van der Waals surface area contributed by atoms with Crippen molar-refractivity contribution in [3.05, 3.63) is 193 Å². The average molecular weight is 749 g/mol. The van der Waals surface area contributed by atoms with Gasteiger partial charge in [0.25, 0.3) is 0 Å². The molecule has 4 heteroatoms. The molecule has 0 fully saturated rings. The van der Waals surface area contributed by atoms with Crippen molar-refractivity contribution in [3.8, 4) is 27.3 Å². The summed E-state index contributed by atoms with van der Waals surface area (Å²) in [7, 11) is 0. The van der Waals surface area contributed by atoms with Crippen LogP contribution in [0, 0.1) is 0 Å². The fourth-order valence-electron chi connectivity index (χ4n) is 9.48. The second-order valence-electron chi connectivity index (χ2n) is 15.7. The number of thiophene rings is 1. The molecule has 0 saturated carbocycles. The summed E-state index contributed by atoms with van der Waals surface area (Å²) in [4.78, 5) is 3.69. The maximum Gasteiger partial charge on any atom is 0.136 e. The lowest BCUT2D eigenvalue weighted by atomic mass is 9.82. The lowest BCUT2D eigenvalue weighted by Crippen LogP contribution is -2.16. The standard InChI is InChI=1S/C53H36N2OS/c1-53(2)43-15-7-4-12-39(43)40-28-27-38(32-44(40)53)54(35-21-19-33(20-22-35)50-31-34-11-3-10-18-49(34)57-50)36-23-25-37(26-24-36)55-45-16-8-5-13-41(45)51-46(55)29-30-48-52(51)42-14-6-9-17-47(42)56-48/h3-32H,1-2H3. The zero-order valence-electron chi connectivity index (χ0n) is 31.5. The number of rotatable bonds is 5. The third-order valence-electron chi connectivity index (χ3n) is 12.2. The zero-order chi connectivity index (χ0) is 37.8. The van der Waals surface area contributed by atoms with E-state index in [9.17, 15) is 0 Å². The number of nitrogens with zero attached hydrogens (tertiary/aromatic N) is 2. The van der Waals surface area contributed by atoms with Crippen LogP contribution in [0.2, 0.25) is 0 Å². The van der Waals surface area contributed by atoms with Gasteiger partial charge in [-0.05, 0) is 118 Å². The third-order valence-corrected chi connectivity index (χ3v) is 13.4. The number of aromatic nitrogens is 1. The molecular formula is C53H36N2OS. The molecule has 0 N–H and O–H groups in total. The normalized spacial score (nSPS) is 13.2. The van der Waals surface area contributed by atoms with Crippen molar-refractivity contribution in [1.82, 2.24) is 4.57 Å². The van der Waals surface area contributed by atoms with Crippen LogP contribution in [-0.2, 0) is 5.41 Å². The zero-order valence-corrected chi connectivity index (χ0v) is 32.3. The molecule has 0 radical (unpaired) electrons. The van der Waals surface area contributed by atoms with Crippen LogP contribution in [0.5, 0.6) is 0 Å². The van der Waals surface area contributed by atoms with Gasteiger partial charge in [-0.3, -0.25) is 0 Å². The minimum Gasteiger partial charge on any atom is -0.456 e. The molecule has 0 spiro atoms. The van der Waals surface area contributed by atoms with Gasteiger partial charge < -0.3 is 13.9 Å². The van der Waals surface area contributed by atoms with Gasteiger partial charge in [0.05, 0.1) is 11.0 Å². The highest BCUT2D eigenvalue weighted by Crippen LogP contribution is 2.51. The Morgan fingerprint density at radius 3 is 2.04 bits per heavy atom. The number of hydrogen-bond acceptors (Lipinski definition) is 3. The van der Waals surface area contributed by atoms with E-state index in [1.54, 1.807) is 0 Å². The van der Waals surface area contributed by atoms with Crippen molar-refractivity contribution in [2.75, 3.05) is 4.90 Å². The highest BCUT2D eigenvalue weighted by Gasteiger charge is 2.35. The van der Waals surface area contributed by atoms with Gasteiger partial charge in [0.15, 0.2) is 0 Å². The molecule has 1 aliphatic carbocycles. The molecule has 0 unspecified atom stereocenters. The topological polar surface area (TPSA) is 21.3 Å². The van der Waals surface area contributed by atoms with Gasteiger partial charge in [-0.25, -0.2) is 0 Å². The van der Waals surface area contributed by atoms with Crippen LogP contribution in [0.1, 0.15) is 25.0 Å². The lowest BCUT2D eigenvalue weighted by molar-refractivity contribution is 0.660. The second kappa shape index (κ2) is 12.1. The van der Waals surface area contributed by atoms with Crippen LogP contribution in [0.3, 0.4) is 0 Å². The van der Waals surface area contributed by atoms with Crippen LogP contribution in [-0.4, -0.2) is 4.57 Å². The van der Waals surface area contributed by atoms with Crippen LogP contribution in [0.4, 0.5) is 17.1 Å². The second-order valence-corrected chi connectivity index (χ2v) is 16.8. The molecule has 3 nitrogen and oxygen atoms in total. The molecule has 12 rings (SSSR count). The van der Waals surface area contributed by atoms with E-state index in [2.05, 4.69) is 199 Å². The summed E-state index contributed by atoms with van der Waals surface area (Å²) < 4.78 is 10.1. The Morgan fingerprint density at radius 1 is 0.509 bits per heavy atom. The van der Waals surface area contributed by atoms with E-state index >= 15 is 0 Å². The molecule has 270 valence electrons. The first-order valence-corrected chi connectivity index (χ1v) is 20.4. The molecule has 8 aromatic carbocycles. The molecule has 11 aromatic rings. The predicted octanol–water partition coefficient (Wildman–Crippen LogP) is 15.3. The molecule has 0 atom stereocenters. The fraction of sp³-hybridized carbons (Fsp3) is 0.0566. The van der Waals surface area contributed by atoms with Crippen LogP contribution in [0.15, 0.2) is 186 Å². The molecule has 1 aliphatic rings. The van der Waals surface area contributed by atoms with E-state index in [1.807, 2.05) is 17.4 Å². The van der Waals surface area contributed by atoms with Crippen LogP contribution >= 0.6 is 11.3 Å². The summed E-state index contributed by atoms with van der Waals surface area (Å²) in [6.45, 7) is 4.71. The van der Waals surface area contributed by atoms with Crippen molar-refractivity contribution in [2.24, 2.45) is 0 Å². The van der Waals surface area contributed by atoms with Crippen molar-refractivity contribution in [2.45, 2.75) is 19.3 Å². The minimum atomic E-state index is -0.106. The molecule has 0 saturated heterocycles. The van der Waals surface area contributed by atoms with Crippen LogP contribution in [0.25, 0.3) is 81.1 Å². The van der Waals surface area contributed by atoms with Gasteiger partial charge in [-0.15, -0.1) is 11.3 Å². The molecule has 0 aliphatic heterocycles. The molecule has 3 heterocycles. The summed E-state index contributed by atoms with van der Waals surface area (Å²) in [5, 5.41) is 6.04. The van der Waals surface area contributed by atoms with Crippen LogP contribution < -0.4 is 4.90 Å². The summed E-state index contributed by atoms with van der Waals surface area (Å²) >= 11 is 1.85. The number of para-hydroxylation sites is 2. The summed E-state index contributed by atoms with van der Waals surface area (Å²) in [6.07, 6.45) is 0. The number of anilines is 3. The summed E-state index contributed by atoms with van der Waals surface area (Å²) in [5.74, 6) is 0. The highest BCUT2D eigenvalue weighted by molar-refractivity contribution is 7.22. The maximum atomic E-state index is 6.34. The first-order valence-electron chi connectivity index (χ1n) is 19.6. The number of fused-ring (bicyclic) bond motifs is 11. The summed E-state index contributed by atoms with van der Waals surface area (Å²) in [6, 6.07) is 66.4. The summed E-state index contributed by atoms with van der Waals surface area (Å²) in [5.41, 5.74) is 15.2. The average Bonchev–Trinajstić information content (AvgIpc) is 4.00. The first kappa shape index (κ1) is 32.4. The Balaban J connectivity index is 1.01. The van der Waals surface area contributed by atoms with E-state index in [0.717, 1.165) is 44.8 Å². The highest BCUT2D eigenvalue weighted by atomic mass is 32.1. The Bertz CT molecular complexity index is 3350. The van der Waals surface area contributed by atoms with Gasteiger partial charge in [0, 0.05) is 59.3 Å². The van der Waals surface area contributed by atoms with Crippen molar-refractivity contribution in [3.63, 3.8) is 0 Å². The molecular weight excluding hydrogens is 713 g/mol. The third kappa shape index (κ3) is 4.78. The molecule has 57 heavy (non-hydrogen) atoms. The molecule has 0 bridgehead atoms. The maximum absolute atomic E-state index is 6.34. The van der Waals surface area contributed by atoms with Gasteiger partial charge in [0.1, 0.15) is 11.2 Å². The molecule has 0 amide bonds. The van der Waals surface area contributed by atoms with E-state index in [4.69, 9.17) is 4.42 Å². The van der Waals surface area contributed by atoms with Crippen molar-refractivity contribution < 1.29 is 4.42 Å². The Kier molecular flexibility index (Phi) is 6.85. The quantitative estimate of drug-likeness (QED) is 0.175. The van der Waals surface area contributed by atoms with Gasteiger partial charge >= 0.3 is 0 Å². The van der Waals surface area contributed by atoms with Gasteiger partial charge in [-0.2, -0.15) is 0 Å². The van der Waals surface area contributed by atoms with Gasteiger partial charge in [0.2, 0.25) is 0 Å². The lowest BCUT2D eigenvalue weighted by Gasteiger charge is -2.28. The fourth-order valence-corrected chi connectivity index (χ4v) is 10.5. The Labute approximate surface area is 334 Å². The SMILES string of the molecule is CC1(C)c2ccccc2-c2ccc(N(c3ccc(-c4cc5ccccc5s4)cc3)c3ccc(-n4c5ccccc5c5c6c(ccc54)oc4ccccc46)cc3)cc21. The first-order chi connectivity index (χ1) is 28.0. The Morgan fingerprint density at radius 2 is 1.19 bits per heavy atom. The van der Waals surface area contributed by atoms with E-state index in [-0.39, 0.29) is 5.41 Å².